The van der Waals surface area contributed by atoms with Crippen LogP contribution in [0.4, 0.5) is 10.6 Å². The molecule has 0 saturated heterocycles. The normalized spacial score (nSPS) is 11.6. The van der Waals surface area contributed by atoms with Crippen LogP contribution in [0.15, 0.2) is 30.6 Å². The van der Waals surface area contributed by atoms with Crippen molar-refractivity contribution in [3.63, 3.8) is 0 Å². The summed E-state index contributed by atoms with van der Waals surface area (Å²) in [5, 5.41) is 10.5. The number of rotatable bonds is 7. The van der Waals surface area contributed by atoms with Crippen LogP contribution in [-0.2, 0) is 24.9 Å². The second-order valence-electron chi connectivity index (χ2n) is 9.51. The molecule has 0 bridgehead atoms. The smallest absolute Gasteiger partial charge is 0.416 e. The van der Waals surface area contributed by atoms with Gasteiger partial charge in [-0.3, -0.25) is 4.90 Å². The van der Waals surface area contributed by atoms with E-state index in [1.54, 1.807) is 69.4 Å². The Labute approximate surface area is 214 Å². The lowest BCUT2D eigenvalue weighted by atomic mass is 10.1. The number of anilines is 1. The number of methoxy groups -OCH3 is 2. The van der Waals surface area contributed by atoms with Crippen LogP contribution in [0.5, 0.6) is 11.5 Å². The van der Waals surface area contributed by atoms with Gasteiger partial charge in [-0.05, 0) is 45.9 Å². The minimum Gasteiger partial charge on any atom is -0.497 e. The van der Waals surface area contributed by atoms with E-state index in [2.05, 4.69) is 9.97 Å². The summed E-state index contributed by atoms with van der Waals surface area (Å²) in [4.78, 5) is 36.1. The van der Waals surface area contributed by atoms with Gasteiger partial charge in [0.1, 0.15) is 52.0 Å². The Morgan fingerprint density at radius 1 is 1.08 bits per heavy atom. The Bertz CT molecular complexity index is 1450. The molecule has 3 heterocycles. The largest absolute Gasteiger partial charge is 0.497 e. The number of benzene rings is 1. The number of aromatic carboxylic acids is 1. The van der Waals surface area contributed by atoms with Gasteiger partial charge in [0.15, 0.2) is 0 Å². The number of aromatic nitrogens is 4. The van der Waals surface area contributed by atoms with Crippen molar-refractivity contribution in [1.82, 2.24) is 19.1 Å². The fourth-order valence-electron chi connectivity index (χ4n) is 4.46. The van der Waals surface area contributed by atoms with E-state index in [0.717, 1.165) is 0 Å². The number of hydrogen-bond donors (Lipinski definition) is 1. The van der Waals surface area contributed by atoms with Crippen LogP contribution >= 0.6 is 0 Å². The average Bonchev–Trinajstić information content (AvgIpc) is 3.47. The molecule has 1 aromatic heterocycles. The van der Waals surface area contributed by atoms with Crippen LogP contribution in [0.1, 0.15) is 43.7 Å². The first-order valence-electron chi connectivity index (χ1n) is 11.8. The number of carbonyl (C=O) groups excluding carboxylic acids is 1. The molecule has 0 fully saturated rings. The number of ether oxygens (including phenoxy) is 3. The molecule has 0 unspecified atom stereocenters. The zero-order chi connectivity index (χ0) is 27.1. The summed E-state index contributed by atoms with van der Waals surface area (Å²) in [7, 11) is 4.88. The number of pyridine rings is 1. The van der Waals surface area contributed by atoms with Gasteiger partial charge in [-0.2, -0.15) is 0 Å². The Kier molecular flexibility index (Phi) is 6.72. The van der Waals surface area contributed by atoms with Gasteiger partial charge < -0.3 is 28.5 Å². The summed E-state index contributed by atoms with van der Waals surface area (Å²) in [6, 6.07) is 6.93. The van der Waals surface area contributed by atoms with E-state index in [0.29, 0.717) is 51.8 Å². The minimum absolute atomic E-state index is 0.0853. The van der Waals surface area contributed by atoms with Crippen molar-refractivity contribution < 1.29 is 28.9 Å². The predicted molar refractivity (Wildman–Crippen MR) is 138 cm³/mol. The SMILES string of the molecule is CCn1c(C(=O)O)cc2c3ncnc-3c(N(Cc3ccc(OC)cc3OC)C(=O)OC(C)(C)C)n(C)c21. The summed E-state index contributed by atoms with van der Waals surface area (Å²) in [6.07, 6.45) is 0.802. The van der Waals surface area contributed by atoms with Crippen LogP contribution in [0.3, 0.4) is 0 Å². The Morgan fingerprint density at radius 3 is 2.38 bits per heavy atom. The zero-order valence-corrected chi connectivity index (χ0v) is 22.0. The molecule has 11 heteroatoms. The highest BCUT2D eigenvalue weighted by molar-refractivity contribution is 6.04. The molecular weight excluding hydrogens is 478 g/mol. The van der Waals surface area contributed by atoms with E-state index in [9.17, 15) is 14.7 Å². The number of nitrogens with zero attached hydrogens (tertiary/aromatic N) is 5. The van der Waals surface area contributed by atoms with Crippen LogP contribution in [-0.4, -0.2) is 56.1 Å². The third-order valence-electron chi connectivity index (χ3n) is 6.00. The number of fused-ring (bicyclic) bond motifs is 3. The highest BCUT2D eigenvalue weighted by atomic mass is 16.6. The Balaban J connectivity index is 1.99. The van der Waals surface area contributed by atoms with E-state index < -0.39 is 17.7 Å². The van der Waals surface area contributed by atoms with Gasteiger partial charge in [0, 0.05) is 30.6 Å². The molecule has 196 valence electrons. The number of aryl methyl sites for hydroxylation is 2. The molecule has 2 aromatic rings. The number of carbonyl (C=O) groups is 2. The van der Waals surface area contributed by atoms with Crippen LogP contribution in [0.25, 0.3) is 22.4 Å². The van der Waals surface area contributed by atoms with E-state index in [1.165, 1.54) is 11.2 Å². The lowest BCUT2D eigenvalue weighted by Gasteiger charge is -2.30. The van der Waals surface area contributed by atoms with Gasteiger partial charge in [-0.15, -0.1) is 0 Å². The highest BCUT2D eigenvalue weighted by Crippen LogP contribution is 2.40. The van der Waals surface area contributed by atoms with Crippen molar-refractivity contribution in [1.29, 1.82) is 0 Å². The lowest BCUT2D eigenvalue weighted by Crippen LogP contribution is -2.38. The molecule has 0 aliphatic carbocycles. The van der Waals surface area contributed by atoms with Crippen LogP contribution in [0.2, 0.25) is 0 Å². The summed E-state index contributed by atoms with van der Waals surface area (Å²) in [5.41, 5.74) is 1.60. The van der Waals surface area contributed by atoms with Crippen LogP contribution < -0.4 is 14.4 Å². The Hall–Kier alpha value is -4.28. The van der Waals surface area contributed by atoms with Crippen molar-refractivity contribution in [2.45, 2.75) is 46.4 Å². The van der Waals surface area contributed by atoms with Gasteiger partial charge in [-0.1, -0.05) is 0 Å². The predicted octanol–water partition coefficient (Wildman–Crippen LogP) is 4.55. The summed E-state index contributed by atoms with van der Waals surface area (Å²) >= 11 is 0. The van der Waals surface area contributed by atoms with Gasteiger partial charge in [0.05, 0.1) is 20.8 Å². The Morgan fingerprint density at radius 2 is 1.78 bits per heavy atom. The highest BCUT2D eigenvalue weighted by Gasteiger charge is 2.33. The zero-order valence-electron chi connectivity index (χ0n) is 22.0. The molecule has 2 aliphatic heterocycles. The third-order valence-corrected chi connectivity index (χ3v) is 6.00. The summed E-state index contributed by atoms with van der Waals surface area (Å²) < 4.78 is 20.1. The summed E-state index contributed by atoms with van der Waals surface area (Å²) in [6.45, 7) is 7.72. The van der Waals surface area contributed by atoms with Crippen molar-refractivity contribution in [2.75, 3.05) is 19.1 Å². The van der Waals surface area contributed by atoms with E-state index in [4.69, 9.17) is 14.2 Å². The molecule has 1 aromatic carbocycles. The van der Waals surface area contributed by atoms with E-state index in [-0.39, 0.29) is 12.2 Å². The first-order chi connectivity index (χ1) is 17.5. The maximum atomic E-state index is 13.7. The fraction of sp³-hybridized carbons (Fsp3) is 0.385. The van der Waals surface area contributed by atoms with Gasteiger partial charge in [-0.25, -0.2) is 19.6 Å². The van der Waals surface area contributed by atoms with Gasteiger partial charge in [0.25, 0.3) is 0 Å². The standard InChI is InChI=1S/C26H31N5O6/c1-8-30-18(24(32)33)12-17-20-21(28-14-27-20)23(29(5)22(17)30)31(25(34)37-26(2,3)4)13-15-9-10-16(35-6)11-19(15)36-7/h9-12,14H,8,13H2,1-7H3,(H,32,33). The van der Waals surface area contributed by atoms with Crippen molar-refractivity contribution in [3.05, 3.63) is 41.9 Å². The first kappa shape index (κ1) is 25.8. The third kappa shape index (κ3) is 4.64. The average molecular weight is 510 g/mol. The molecule has 0 saturated carbocycles. The molecule has 1 N–H and O–H groups in total. The van der Waals surface area contributed by atoms with Crippen molar-refractivity contribution >= 4 is 28.9 Å². The van der Waals surface area contributed by atoms with E-state index >= 15 is 0 Å². The molecule has 37 heavy (non-hydrogen) atoms. The quantitative estimate of drug-likeness (QED) is 0.385. The number of imidazole rings is 1. The minimum atomic E-state index is -1.06. The van der Waals surface area contributed by atoms with Crippen molar-refractivity contribution in [2.24, 2.45) is 7.05 Å². The first-order valence-corrected chi connectivity index (χ1v) is 11.8. The maximum Gasteiger partial charge on any atom is 0.416 e. The maximum absolute atomic E-state index is 13.7. The topological polar surface area (TPSA) is 121 Å². The second-order valence-corrected chi connectivity index (χ2v) is 9.51. The molecular formula is C26H31N5O6. The summed E-state index contributed by atoms with van der Waals surface area (Å²) in [5.74, 6) is 0.505. The monoisotopic (exact) mass is 509 g/mol. The molecule has 4 rings (SSSR count). The molecule has 1 amide bonds. The molecule has 2 aliphatic rings. The van der Waals surface area contributed by atoms with Gasteiger partial charge >= 0.3 is 12.1 Å². The van der Waals surface area contributed by atoms with Crippen LogP contribution in [0, 0.1) is 0 Å². The number of hydrogen-bond acceptors (Lipinski definition) is 7. The number of carboxylic acid groups (broad SMARTS) is 1. The number of carboxylic acids is 1. The van der Waals surface area contributed by atoms with Crippen molar-refractivity contribution in [3.8, 4) is 22.9 Å². The van der Waals surface area contributed by atoms with Gasteiger partial charge in [0.2, 0.25) is 0 Å². The molecule has 0 atom stereocenters. The second kappa shape index (κ2) is 9.64. The number of amides is 1. The van der Waals surface area contributed by atoms with E-state index in [1.807, 2.05) is 13.0 Å². The molecule has 0 spiro atoms. The molecule has 0 radical (unpaired) electrons. The fourth-order valence-corrected chi connectivity index (χ4v) is 4.46. The molecule has 11 nitrogen and oxygen atoms in total. The lowest BCUT2D eigenvalue weighted by molar-refractivity contribution is 0.0574.